The van der Waals surface area contributed by atoms with Gasteiger partial charge in [-0.3, -0.25) is 14.3 Å². The van der Waals surface area contributed by atoms with Crippen molar-refractivity contribution in [3.05, 3.63) is 30.5 Å². The Morgan fingerprint density at radius 3 is 2.63 bits per heavy atom. The number of hydrogen-bond donors (Lipinski definition) is 3. The maximum absolute atomic E-state index is 12.8. The first-order valence-electron chi connectivity index (χ1n) is 8.96. The summed E-state index contributed by atoms with van der Waals surface area (Å²) in [6.45, 7) is 4.38. The maximum Gasteiger partial charge on any atom is 0.296 e. The Morgan fingerprint density at radius 1 is 1.30 bits per heavy atom. The van der Waals surface area contributed by atoms with Crippen molar-refractivity contribution in [1.82, 2.24) is 4.90 Å². The van der Waals surface area contributed by atoms with Crippen LogP contribution in [0.2, 0.25) is 0 Å². The van der Waals surface area contributed by atoms with E-state index in [4.69, 9.17) is 5.14 Å². The molecule has 4 N–H and O–H groups in total. The number of ketones is 1. The van der Waals surface area contributed by atoms with Crippen molar-refractivity contribution in [2.75, 3.05) is 16.6 Å². The molecule has 0 aliphatic carbocycles. The largest absolute Gasteiger partial charge is 0.341 e. The quantitative estimate of drug-likeness (QED) is 0.522. The summed E-state index contributed by atoms with van der Waals surface area (Å²) >= 11 is 0. The Morgan fingerprint density at radius 2 is 2.00 bits per heavy atom. The van der Waals surface area contributed by atoms with Gasteiger partial charge in [0.15, 0.2) is 11.7 Å². The molecule has 0 aromatic heterocycles. The Labute approximate surface area is 174 Å². The van der Waals surface area contributed by atoms with E-state index in [1.54, 1.807) is 0 Å². The lowest BCUT2D eigenvalue weighted by Crippen LogP contribution is -2.47. The molecule has 0 fully saturated rings. The van der Waals surface area contributed by atoms with Crippen molar-refractivity contribution in [1.29, 1.82) is 0 Å². The lowest BCUT2D eigenvalue weighted by Gasteiger charge is -2.29. The van der Waals surface area contributed by atoms with Crippen LogP contribution in [0.4, 0.5) is 11.4 Å². The van der Waals surface area contributed by atoms with Crippen LogP contribution in [0.1, 0.15) is 20.3 Å². The molecule has 1 aromatic rings. The number of hydrogen-bond acceptors (Lipinski definition) is 7. The van der Waals surface area contributed by atoms with Gasteiger partial charge in [0.25, 0.3) is 20.2 Å². The molecule has 0 saturated carbocycles. The van der Waals surface area contributed by atoms with E-state index in [2.05, 4.69) is 9.71 Å². The van der Waals surface area contributed by atoms with E-state index in [0.29, 0.717) is 18.9 Å². The second-order valence-electron chi connectivity index (χ2n) is 7.30. The molecular weight excluding hydrogens is 434 g/mol. The van der Waals surface area contributed by atoms with E-state index >= 15 is 0 Å². The van der Waals surface area contributed by atoms with Gasteiger partial charge in [-0.15, -0.1) is 4.40 Å². The van der Waals surface area contributed by atoms with Gasteiger partial charge in [-0.25, -0.2) is 5.14 Å². The third-order valence-corrected chi connectivity index (χ3v) is 6.31. The molecule has 30 heavy (non-hydrogen) atoms. The summed E-state index contributed by atoms with van der Waals surface area (Å²) in [5, 5.41) is 7.62. The van der Waals surface area contributed by atoms with Gasteiger partial charge in [-0.1, -0.05) is 13.8 Å². The van der Waals surface area contributed by atoms with E-state index in [1.807, 2.05) is 18.6 Å². The monoisotopic (exact) mass is 455 g/mol. The molecule has 2 heterocycles. The summed E-state index contributed by atoms with van der Waals surface area (Å²) in [7, 11) is -8.41. The van der Waals surface area contributed by atoms with E-state index in [9.17, 15) is 26.4 Å². The Balaban J connectivity index is 1.93. The highest BCUT2D eigenvalue weighted by Gasteiger charge is 2.40. The first-order valence-corrected chi connectivity index (χ1v) is 11.9. The number of carbonyl (C=O) groups is 2. The third kappa shape index (κ3) is 4.68. The van der Waals surface area contributed by atoms with E-state index in [-0.39, 0.29) is 22.1 Å². The predicted molar refractivity (Wildman–Crippen MR) is 110 cm³/mol. The average Bonchev–Trinajstić information content (AvgIpc) is 2.60. The first-order chi connectivity index (χ1) is 13.9. The van der Waals surface area contributed by atoms with Crippen LogP contribution >= 0.6 is 0 Å². The molecule has 1 unspecified atom stereocenters. The van der Waals surface area contributed by atoms with E-state index in [1.165, 1.54) is 29.3 Å². The number of carbonyl (C=O) groups excluding carboxylic acids is 2. The van der Waals surface area contributed by atoms with E-state index < -0.39 is 37.8 Å². The lowest BCUT2D eigenvalue weighted by atomic mass is 9.97. The summed E-state index contributed by atoms with van der Waals surface area (Å²) < 4.78 is 53.3. The normalized spacial score (nSPS) is 20.6. The van der Waals surface area contributed by atoms with Crippen LogP contribution in [0.15, 0.2) is 39.8 Å². The fraction of sp³-hybridized carbons (Fsp3) is 0.353. The second-order valence-corrected chi connectivity index (χ2v) is 10.2. The molecule has 162 valence electrons. The number of amides is 1. The number of nitrogens with one attached hydrogen (secondary N) is 2. The predicted octanol–water partition coefficient (Wildman–Crippen LogP) is 0.402. The molecule has 3 rings (SSSR count). The highest BCUT2D eigenvalue weighted by atomic mass is 32.2. The van der Waals surface area contributed by atoms with Crippen molar-refractivity contribution in [3.63, 3.8) is 0 Å². The molecule has 2 aliphatic heterocycles. The van der Waals surface area contributed by atoms with Gasteiger partial charge in [-0.05, 0) is 36.6 Å². The number of nitrogens with zero attached hydrogens (tertiary/aromatic N) is 2. The van der Waals surface area contributed by atoms with Crippen LogP contribution in [0.25, 0.3) is 0 Å². The topological polar surface area (TPSA) is 168 Å². The summed E-state index contributed by atoms with van der Waals surface area (Å²) in [6.07, 6.45) is 3.32. The molecule has 0 radical (unpaired) electrons. The summed E-state index contributed by atoms with van der Waals surface area (Å²) in [4.78, 5) is 26.3. The Bertz CT molecular complexity index is 1170. The minimum atomic E-state index is -4.31. The van der Waals surface area contributed by atoms with Crippen molar-refractivity contribution in [3.8, 4) is 0 Å². The van der Waals surface area contributed by atoms with Gasteiger partial charge >= 0.3 is 0 Å². The number of amidine groups is 1. The number of allylic oxidation sites excluding steroid dienone is 1. The number of sulfonamides is 1. The average molecular weight is 456 g/mol. The van der Waals surface area contributed by atoms with Gasteiger partial charge in [0, 0.05) is 12.7 Å². The van der Waals surface area contributed by atoms with Crippen LogP contribution in [0.5, 0.6) is 0 Å². The Kier molecular flexibility index (Phi) is 5.71. The first kappa shape index (κ1) is 21.9. The fourth-order valence-electron chi connectivity index (χ4n) is 2.99. The zero-order valence-electron chi connectivity index (χ0n) is 16.2. The van der Waals surface area contributed by atoms with Crippen molar-refractivity contribution in [2.24, 2.45) is 21.4 Å². The van der Waals surface area contributed by atoms with Gasteiger partial charge in [0.1, 0.15) is 10.7 Å². The van der Waals surface area contributed by atoms with Crippen LogP contribution in [-0.4, -0.2) is 45.8 Å². The number of nitrogens with two attached hydrogens (primary N) is 1. The van der Waals surface area contributed by atoms with Gasteiger partial charge in [-0.2, -0.15) is 16.8 Å². The molecule has 0 saturated heterocycles. The minimum absolute atomic E-state index is 0.0591. The maximum atomic E-state index is 12.8. The van der Waals surface area contributed by atoms with Crippen LogP contribution in [0.3, 0.4) is 0 Å². The molecule has 1 amide bonds. The van der Waals surface area contributed by atoms with Gasteiger partial charge in [0.2, 0.25) is 5.91 Å². The number of rotatable bonds is 6. The van der Waals surface area contributed by atoms with Gasteiger partial charge < -0.3 is 10.2 Å². The van der Waals surface area contributed by atoms with Gasteiger partial charge in [0.05, 0.1) is 11.4 Å². The van der Waals surface area contributed by atoms with Crippen molar-refractivity contribution in [2.45, 2.75) is 25.2 Å². The molecule has 0 bridgehead atoms. The van der Waals surface area contributed by atoms with Crippen molar-refractivity contribution >= 4 is 49.1 Å². The summed E-state index contributed by atoms with van der Waals surface area (Å²) in [5.74, 6) is -2.53. The molecule has 11 nitrogen and oxygen atoms in total. The standard InChI is InChI=1S/C17H21N5O6S2/c1-10(2)5-7-22-8-6-13(23)15(17(22)24)16-19-12-4-3-11(20-30(18,27)28)9-14(12)29(25,26)21-16/h3-4,6,8-10,15,20H,5,7H2,1-2H3,(H,19,21)(H2,18,27,28). The molecule has 1 atom stereocenters. The molecule has 0 spiro atoms. The molecule has 2 aliphatic rings. The second kappa shape index (κ2) is 7.81. The molecule has 1 aromatic carbocycles. The zero-order chi connectivity index (χ0) is 22.3. The summed E-state index contributed by atoms with van der Waals surface area (Å²) in [6, 6.07) is 3.62. The zero-order valence-corrected chi connectivity index (χ0v) is 17.8. The molecule has 13 heteroatoms. The smallest absolute Gasteiger partial charge is 0.296 e. The van der Waals surface area contributed by atoms with Crippen LogP contribution in [0, 0.1) is 11.8 Å². The Hall–Kier alpha value is -2.77. The lowest BCUT2D eigenvalue weighted by molar-refractivity contribution is -0.136. The highest BCUT2D eigenvalue weighted by molar-refractivity contribution is 7.91. The number of anilines is 2. The van der Waals surface area contributed by atoms with Crippen LogP contribution in [-0.2, 0) is 29.8 Å². The highest BCUT2D eigenvalue weighted by Crippen LogP contribution is 2.32. The summed E-state index contributed by atoms with van der Waals surface area (Å²) in [5.41, 5.74) is -0.0169. The fourth-order valence-corrected chi connectivity index (χ4v) is 4.62. The minimum Gasteiger partial charge on any atom is -0.341 e. The SMILES string of the molecule is CC(C)CCN1C=CC(=O)C(C2=NS(=O)(=O)c3cc(NS(N)(=O)=O)ccc3N2)C1=O. The van der Waals surface area contributed by atoms with Crippen LogP contribution < -0.4 is 15.2 Å². The number of benzene rings is 1. The third-order valence-electron chi connectivity index (χ3n) is 4.45. The molecular formula is C17H21N5O6S2. The van der Waals surface area contributed by atoms with E-state index in [0.717, 1.165) is 6.07 Å². The number of fused-ring (bicyclic) bond motifs is 1. The van der Waals surface area contributed by atoms with Crippen molar-refractivity contribution < 1.29 is 26.4 Å².